The Morgan fingerprint density at radius 3 is 1.12 bits per heavy atom. The van der Waals surface area contributed by atoms with Crippen LogP contribution < -0.4 is 0 Å². The summed E-state index contributed by atoms with van der Waals surface area (Å²) in [4.78, 5) is 36.5. The van der Waals surface area contributed by atoms with Gasteiger partial charge in [0.2, 0.25) is 23.1 Å². The molecule has 0 radical (unpaired) electrons. The summed E-state index contributed by atoms with van der Waals surface area (Å²) in [6.07, 6.45) is 37.2. The molecule has 18 atom stereocenters. The fourth-order valence-corrected chi connectivity index (χ4v) is 20.3. The Morgan fingerprint density at radius 2 is 0.790 bits per heavy atom. The van der Waals surface area contributed by atoms with Gasteiger partial charge in [-0.2, -0.15) is 0 Å². The van der Waals surface area contributed by atoms with Gasteiger partial charge in [-0.3, -0.25) is 9.59 Å². The van der Waals surface area contributed by atoms with Crippen LogP contribution in [0.25, 0.3) is 0 Å². The second-order valence-electron chi connectivity index (χ2n) is 30.4. The maximum atomic E-state index is 9.37. The van der Waals surface area contributed by atoms with E-state index in [0.29, 0.717) is 32.8 Å². The second-order valence-corrected chi connectivity index (χ2v) is 30.4. The van der Waals surface area contributed by atoms with E-state index in [-0.39, 0.29) is 57.1 Å². The third-order valence-corrected chi connectivity index (χ3v) is 24.6. The van der Waals surface area contributed by atoms with Crippen LogP contribution in [0.4, 0.5) is 0 Å². The number of rotatable bonds is 16. The van der Waals surface area contributed by atoms with Crippen molar-refractivity contribution in [3.63, 3.8) is 0 Å². The van der Waals surface area contributed by atoms with E-state index in [1.165, 1.54) is 181 Å². The Bertz CT molecular complexity index is 2140. The van der Waals surface area contributed by atoms with E-state index in [0.717, 1.165) is 82.9 Å². The monoisotopic (exact) mass is 1150 g/mol. The molecule has 0 aromatic heterocycles. The van der Waals surface area contributed by atoms with Crippen LogP contribution in [0, 0.1) is 117 Å². The molecule has 8 aliphatic carbocycles. The smallest absolute Gasteiger partial charge is 0.247 e. The number of hydrogen-bond acceptors (Lipinski definition) is 0. The van der Waals surface area contributed by atoms with Gasteiger partial charge in [0.25, 0.3) is 0 Å². The van der Waals surface area contributed by atoms with E-state index in [1.807, 2.05) is 36.4 Å². The van der Waals surface area contributed by atoms with Gasteiger partial charge >= 0.3 is 0 Å². The van der Waals surface area contributed by atoms with Gasteiger partial charge < -0.3 is 19.8 Å². The molecular formula is C74H120O6Ti+4. The van der Waals surface area contributed by atoms with Crippen LogP contribution in [0.2, 0.25) is 0 Å². The average molecular weight is 1150 g/mol. The molecule has 18 unspecified atom stereocenters. The summed E-state index contributed by atoms with van der Waals surface area (Å²) in [5.74, 6) is 13.6. The van der Waals surface area contributed by atoms with Crippen molar-refractivity contribution in [2.45, 2.75) is 249 Å². The van der Waals surface area contributed by atoms with E-state index in [2.05, 4.69) is 69.2 Å². The Morgan fingerprint density at radius 1 is 0.457 bits per heavy atom. The molecule has 2 aromatic rings. The van der Waals surface area contributed by atoms with Gasteiger partial charge in [-0.1, -0.05) is 155 Å². The molecule has 6 nitrogen and oxygen atoms in total. The number of ketones is 4. The molecule has 8 fully saturated rings. The van der Waals surface area contributed by atoms with Crippen LogP contribution >= 0.6 is 0 Å². The minimum Gasteiger partial charge on any atom is -0.443 e. The molecule has 81 heavy (non-hydrogen) atoms. The van der Waals surface area contributed by atoms with Gasteiger partial charge in [0.1, 0.15) is 0 Å². The summed E-state index contributed by atoms with van der Waals surface area (Å²) < 4.78 is 0. The van der Waals surface area contributed by atoms with Crippen molar-refractivity contribution in [1.29, 1.82) is 0 Å². The van der Waals surface area contributed by atoms with Crippen LogP contribution in [0.3, 0.4) is 0 Å². The second kappa shape index (κ2) is 29.7. The number of carbonyl (C=O) groups excluding carboxylic acids is 4. The summed E-state index contributed by atoms with van der Waals surface area (Å²) in [6.45, 7) is 28.5. The zero-order valence-electron chi connectivity index (χ0n) is 53.4. The largest absolute Gasteiger partial charge is 0.443 e. The molecule has 8 N–H and O–H groups in total. The molecule has 452 valence electrons. The molecule has 0 saturated heterocycles. The molecule has 0 amide bonds. The van der Waals surface area contributed by atoms with E-state index in [1.54, 1.807) is 24.3 Å². The Balaban J connectivity index is 0.000000186. The van der Waals surface area contributed by atoms with Gasteiger partial charge in [0.05, 0.1) is 0 Å². The van der Waals surface area contributed by atoms with Crippen molar-refractivity contribution < 1.29 is 51.1 Å². The van der Waals surface area contributed by atoms with Crippen LogP contribution in [0.1, 0.15) is 248 Å². The van der Waals surface area contributed by atoms with Crippen LogP contribution in [-0.2, 0) is 21.7 Å². The SMILES string of the molecule is CC(=[OH+])[CH-]C(=[OH+])c1ccccc1.CC(=[OH+])[CH-]C(=[OH+])c1ccccc1.CC(C)CCCC(C)C1CCC2C3CCC4CC([OH2+])CCC4(C)C3CCC12C.CC(C)CCCC(C)C1CCC2C3CCC4CC([OH2+])CCC4(C)C3CCC12C.[Ti]. The fourth-order valence-electron chi connectivity index (χ4n) is 20.3. The van der Waals surface area contributed by atoms with Crippen molar-refractivity contribution >= 4 is 23.1 Å². The molecule has 0 aliphatic heterocycles. The Kier molecular flexibility index (Phi) is 24.8. The minimum absolute atomic E-state index is 0. The summed E-state index contributed by atoms with van der Waals surface area (Å²) in [6, 6.07) is 18.1. The molecule has 8 saturated carbocycles. The van der Waals surface area contributed by atoms with Crippen LogP contribution in [-0.4, -0.2) is 64.7 Å². The van der Waals surface area contributed by atoms with E-state index < -0.39 is 0 Å². The zero-order valence-corrected chi connectivity index (χ0v) is 55.0. The third kappa shape index (κ3) is 16.1. The molecule has 0 spiro atoms. The van der Waals surface area contributed by atoms with Gasteiger partial charge in [0.15, 0.2) is 12.2 Å². The van der Waals surface area contributed by atoms with Gasteiger partial charge in [-0.15, -0.1) is 24.3 Å². The molecule has 0 bridgehead atoms. The molecule has 7 heteroatoms. The first-order chi connectivity index (χ1) is 37.9. The molecule has 2 aromatic carbocycles. The zero-order chi connectivity index (χ0) is 58.2. The minimum atomic E-state index is 0. The van der Waals surface area contributed by atoms with Crippen molar-refractivity contribution in [3.05, 3.63) is 84.6 Å². The molecule has 10 rings (SSSR count). The van der Waals surface area contributed by atoms with Crippen molar-refractivity contribution in [2.24, 2.45) is 105 Å². The standard InChI is InChI=1S/2C27H48O.2C10H9O2.Ti/c2*1-18(2)7-6-8-19(3)23-11-12-24-22-10-9-20-17-21(28)13-15-26(20,4)25(22)14-16-27(23,24)5;2*1-8(11)7-10(12)9-5-3-2-4-6-9;/h2*18-25,28H,6-17H2,1-5H3;2*2-7H,1H3;/q;;2*-1;/p+6. The first-order valence-corrected chi connectivity index (χ1v) is 33.3. The molecular weight excluding hydrogens is 1030 g/mol. The van der Waals surface area contributed by atoms with Crippen molar-refractivity contribution in [2.75, 3.05) is 0 Å². The third-order valence-electron chi connectivity index (χ3n) is 24.6. The predicted octanol–water partition coefficient (Wildman–Crippen LogP) is 17.1. The van der Waals surface area contributed by atoms with Crippen LogP contribution in [0.5, 0.6) is 0 Å². The Hall–Kier alpha value is -2.51. The molecule has 8 aliphatic rings. The van der Waals surface area contributed by atoms with Gasteiger partial charge in [-0.05, 0) is 207 Å². The summed E-state index contributed by atoms with van der Waals surface area (Å²) in [5.41, 5.74) is 3.81. The number of fused-ring (bicyclic) bond motifs is 10. The quantitative estimate of drug-likeness (QED) is 0.0521. The Labute approximate surface area is 509 Å². The summed E-state index contributed by atoms with van der Waals surface area (Å²) in [7, 11) is 0. The van der Waals surface area contributed by atoms with Gasteiger partial charge in [-0.25, -0.2) is 0 Å². The predicted molar refractivity (Wildman–Crippen MR) is 340 cm³/mol. The topological polar surface area (TPSA) is 131 Å². The van der Waals surface area contributed by atoms with E-state index in [9.17, 15) is 9.59 Å². The average Bonchev–Trinajstić information content (AvgIpc) is 4.21. The summed E-state index contributed by atoms with van der Waals surface area (Å²) in [5, 5.41) is 16.6. The number of benzene rings is 2. The summed E-state index contributed by atoms with van der Waals surface area (Å²) >= 11 is 0. The first-order valence-electron chi connectivity index (χ1n) is 33.3. The fraction of sp³-hybridized carbons (Fsp3) is 0.757. The van der Waals surface area contributed by atoms with Gasteiger partial charge in [0, 0.05) is 61.2 Å². The van der Waals surface area contributed by atoms with Crippen molar-refractivity contribution in [3.8, 4) is 0 Å². The van der Waals surface area contributed by atoms with E-state index in [4.69, 9.17) is 19.8 Å². The van der Waals surface area contributed by atoms with Crippen LogP contribution in [0.15, 0.2) is 60.7 Å². The normalized spacial score (nSPS) is 36.8. The van der Waals surface area contributed by atoms with E-state index >= 15 is 0 Å². The van der Waals surface area contributed by atoms with Crippen molar-refractivity contribution in [1.82, 2.24) is 0 Å². The number of hydrogen-bond donors (Lipinski definition) is 0. The maximum absolute atomic E-state index is 9.37. The molecule has 0 heterocycles. The first kappa shape index (κ1) is 67.6. The maximum Gasteiger partial charge on any atom is 0.247 e.